The molecule has 0 aliphatic carbocycles. The molecule has 1 saturated heterocycles. The topological polar surface area (TPSA) is 105 Å². The van der Waals surface area contributed by atoms with Gasteiger partial charge in [-0.25, -0.2) is 8.78 Å². The molecule has 8 nitrogen and oxygen atoms in total. The van der Waals surface area contributed by atoms with Gasteiger partial charge in [0.25, 0.3) is 11.8 Å². The molecule has 0 bridgehead atoms. The highest BCUT2D eigenvalue weighted by atomic mass is 19.1. The average Bonchev–Trinajstić information content (AvgIpc) is 2.75. The molecule has 0 unspecified atom stereocenters. The van der Waals surface area contributed by atoms with Gasteiger partial charge in [0.05, 0.1) is 24.1 Å². The Morgan fingerprint density at radius 2 is 1.88 bits per heavy atom. The second kappa shape index (κ2) is 9.14. The van der Waals surface area contributed by atoms with Crippen LogP contribution in [0.3, 0.4) is 0 Å². The molecule has 2 N–H and O–H groups in total. The Morgan fingerprint density at radius 1 is 1.15 bits per heavy atom. The Bertz CT molecular complexity index is 1090. The lowest BCUT2D eigenvalue weighted by atomic mass is 9.94. The molecule has 2 aromatic rings. The number of carbonyl (C=O) groups is 3. The standard InChI is InChI=1S/C23H22F2N2O6/c1-27-18-4-3-16(10-21(28)29)33-20(18)11-32-19-5-2-15(9-17(19)23(27)31)26-22(30)12-6-13(24)8-14(25)7-12/h2,5-9,16,18,20H,3-4,10-11H2,1H3,(H,26,30)(H,28,29)/t16-,18+,20+/m0/s1. The van der Waals surface area contributed by atoms with Gasteiger partial charge >= 0.3 is 5.97 Å². The molecule has 10 heteroatoms. The summed E-state index contributed by atoms with van der Waals surface area (Å²) in [5.41, 5.74) is 0.274. The Kier molecular flexibility index (Phi) is 6.28. The van der Waals surface area contributed by atoms with Crippen molar-refractivity contribution in [1.29, 1.82) is 0 Å². The summed E-state index contributed by atoms with van der Waals surface area (Å²) in [6.45, 7) is 0.125. The Hall–Kier alpha value is -3.53. The minimum atomic E-state index is -0.949. The van der Waals surface area contributed by atoms with E-state index in [4.69, 9.17) is 14.6 Å². The number of carboxylic acids is 1. The number of anilines is 1. The molecular formula is C23H22F2N2O6. The van der Waals surface area contributed by atoms with Crippen molar-refractivity contribution in [3.63, 3.8) is 0 Å². The van der Waals surface area contributed by atoms with E-state index >= 15 is 0 Å². The third-order valence-corrected chi connectivity index (χ3v) is 5.80. The van der Waals surface area contributed by atoms with Gasteiger partial charge in [0.1, 0.15) is 30.1 Å². The predicted octanol–water partition coefficient (Wildman–Crippen LogP) is 3.07. The summed E-state index contributed by atoms with van der Waals surface area (Å²) in [5, 5.41) is 11.6. The highest BCUT2D eigenvalue weighted by molar-refractivity contribution is 6.05. The van der Waals surface area contributed by atoms with Gasteiger partial charge in [-0.2, -0.15) is 0 Å². The summed E-state index contributed by atoms with van der Waals surface area (Å²) in [6.07, 6.45) is 0.0199. The smallest absolute Gasteiger partial charge is 0.305 e. The molecule has 33 heavy (non-hydrogen) atoms. The van der Waals surface area contributed by atoms with Gasteiger partial charge in [0.15, 0.2) is 0 Å². The van der Waals surface area contributed by atoms with Crippen molar-refractivity contribution in [2.75, 3.05) is 19.0 Å². The largest absolute Gasteiger partial charge is 0.490 e. The van der Waals surface area contributed by atoms with Crippen LogP contribution in [0.2, 0.25) is 0 Å². The molecule has 2 aliphatic heterocycles. The number of nitrogens with zero attached hydrogens (tertiary/aromatic N) is 1. The van der Waals surface area contributed by atoms with Crippen molar-refractivity contribution in [2.45, 2.75) is 37.5 Å². The quantitative estimate of drug-likeness (QED) is 0.727. The number of fused-ring (bicyclic) bond motifs is 2. The molecule has 0 spiro atoms. The first kappa shape index (κ1) is 22.7. The first-order chi connectivity index (χ1) is 15.7. The fourth-order valence-electron chi connectivity index (χ4n) is 4.19. The molecule has 0 saturated carbocycles. The molecule has 4 rings (SSSR count). The van der Waals surface area contributed by atoms with Crippen LogP contribution in [-0.4, -0.2) is 59.7 Å². The SMILES string of the molecule is CN1C(=O)c2cc(NC(=O)c3cc(F)cc(F)c3)ccc2OC[C@H]2O[C@H](CC(=O)O)CC[C@H]21. The monoisotopic (exact) mass is 460 g/mol. The predicted molar refractivity (Wildman–Crippen MR) is 112 cm³/mol. The van der Waals surface area contributed by atoms with Crippen LogP contribution in [0, 0.1) is 11.6 Å². The molecule has 2 aromatic carbocycles. The summed E-state index contributed by atoms with van der Waals surface area (Å²) < 4.78 is 38.6. The fraction of sp³-hybridized carbons (Fsp3) is 0.348. The highest BCUT2D eigenvalue weighted by Crippen LogP contribution is 2.32. The minimum absolute atomic E-state index is 0.115. The first-order valence-corrected chi connectivity index (χ1v) is 10.4. The molecule has 2 heterocycles. The van der Waals surface area contributed by atoms with Gasteiger partial charge in [0.2, 0.25) is 0 Å². The normalized spacial score (nSPS) is 22.3. The number of carbonyl (C=O) groups excluding carboxylic acids is 2. The van der Waals surface area contributed by atoms with E-state index in [0.717, 1.165) is 12.1 Å². The van der Waals surface area contributed by atoms with E-state index in [1.54, 1.807) is 7.05 Å². The molecule has 1 fully saturated rings. The van der Waals surface area contributed by atoms with Crippen LogP contribution in [0.25, 0.3) is 0 Å². The summed E-state index contributed by atoms with van der Waals surface area (Å²) in [6, 6.07) is 6.65. The number of halogens is 2. The van der Waals surface area contributed by atoms with Crippen LogP contribution in [-0.2, 0) is 9.53 Å². The van der Waals surface area contributed by atoms with E-state index in [1.165, 1.54) is 23.1 Å². The van der Waals surface area contributed by atoms with Crippen LogP contribution in [0.4, 0.5) is 14.5 Å². The van der Waals surface area contributed by atoms with Crippen LogP contribution in [0.1, 0.15) is 40.0 Å². The van der Waals surface area contributed by atoms with Crippen molar-refractivity contribution in [3.8, 4) is 5.75 Å². The molecule has 0 aromatic heterocycles. The van der Waals surface area contributed by atoms with Gasteiger partial charge in [-0.1, -0.05) is 0 Å². The summed E-state index contributed by atoms with van der Waals surface area (Å²) in [4.78, 5) is 38.2. The zero-order valence-electron chi connectivity index (χ0n) is 17.7. The maximum atomic E-state index is 13.4. The Balaban J connectivity index is 1.54. The lowest BCUT2D eigenvalue weighted by Crippen LogP contribution is -2.53. The Morgan fingerprint density at radius 3 is 2.58 bits per heavy atom. The number of likely N-dealkylation sites (N-methyl/N-ethyl adjacent to an activating group) is 1. The summed E-state index contributed by atoms with van der Waals surface area (Å²) in [7, 11) is 1.64. The second-order valence-electron chi connectivity index (χ2n) is 8.09. The van der Waals surface area contributed by atoms with Crippen LogP contribution in [0.15, 0.2) is 36.4 Å². The first-order valence-electron chi connectivity index (χ1n) is 10.4. The highest BCUT2D eigenvalue weighted by Gasteiger charge is 2.39. The van der Waals surface area contributed by atoms with Crippen LogP contribution in [0.5, 0.6) is 5.75 Å². The number of amides is 2. The third-order valence-electron chi connectivity index (χ3n) is 5.80. The number of ether oxygens (including phenoxy) is 2. The van der Waals surface area contributed by atoms with Gasteiger partial charge < -0.3 is 24.8 Å². The van der Waals surface area contributed by atoms with Crippen molar-refractivity contribution in [2.24, 2.45) is 0 Å². The maximum Gasteiger partial charge on any atom is 0.305 e. The number of carboxylic acid groups (broad SMARTS) is 1. The van der Waals surface area contributed by atoms with E-state index in [9.17, 15) is 23.2 Å². The van der Waals surface area contributed by atoms with E-state index in [0.29, 0.717) is 18.9 Å². The van der Waals surface area contributed by atoms with E-state index in [-0.39, 0.29) is 47.5 Å². The number of benzene rings is 2. The maximum absolute atomic E-state index is 13.4. The van der Waals surface area contributed by atoms with E-state index in [2.05, 4.69) is 5.32 Å². The van der Waals surface area contributed by atoms with E-state index in [1.807, 2.05) is 0 Å². The summed E-state index contributed by atoms with van der Waals surface area (Å²) >= 11 is 0. The zero-order chi connectivity index (χ0) is 23.7. The van der Waals surface area contributed by atoms with Crippen molar-refractivity contribution >= 4 is 23.5 Å². The zero-order valence-corrected chi connectivity index (χ0v) is 17.7. The second-order valence-corrected chi connectivity index (χ2v) is 8.09. The lowest BCUT2D eigenvalue weighted by molar-refractivity contribution is -0.148. The molecule has 2 amide bonds. The average molecular weight is 460 g/mol. The number of hydrogen-bond donors (Lipinski definition) is 2. The molecule has 174 valence electrons. The summed E-state index contributed by atoms with van der Waals surface area (Å²) in [5.74, 6) is -3.50. The van der Waals surface area contributed by atoms with Gasteiger partial charge in [-0.3, -0.25) is 14.4 Å². The molecular weight excluding hydrogens is 438 g/mol. The van der Waals surface area contributed by atoms with Gasteiger partial charge in [-0.05, 0) is 43.2 Å². The molecule has 3 atom stereocenters. The van der Waals surface area contributed by atoms with Crippen molar-refractivity contribution < 1.29 is 37.7 Å². The van der Waals surface area contributed by atoms with Crippen LogP contribution >= 0.6 is 0 Å². The van der Waals surface area contributed by atoms with Crippen molar-refractivity contribution in [3.05, 3.63) is 59.2 Å². The number of hydrogen-bond acceptors (Lipinski definition) is 5. The van der Waals surface area contributed by atoms with Crippen LogP contribution < -0.4 is 10.1 Å². The molecule has 2 aliphatic rings. The number of nitrogens with one attached hydrogen (secondary N) is 1. The molecule has 0 radical (unpaired) electrons. The Labute approximate surface area is 188 Å². The lowest BCUT2D eigenvalue weighted by Gasteiger charge is -2.42. The number of rotatable bonds is 4. The van der Waals surface area contributed by atoms with Gasteiger partial charge in [-0.15, -0.1) is 0 Å². The number of aliphatic carboxylic acids is 1. The minimum Gasteiger partial charge on any atom is -0.490 e. The van der Waals surface area contributed by atoms with E-state index < -0.39 is 35.7 Å². The fourth-order valence-corrected chi connectivity index (χ4v) is 4.19. The third kappa shape index (κ3) is 4.95. The van der Waals surface area contributed by atoms with Gasteiger partial charge in [0, 0.05) is 24.4 Å². The van der Waals surface area contributed by atoms with Crippen molar-refractivity contribution in [1.82, 2.24) is 4.90 Å².